The number of hydrogen-bond donors (Lipinski definition) is 1. The van der Waals surface area contributed by atoms with Gasteiger partial charge in [0.1, 0.15) is 11.6 Å². The van der Waals surface area contributed by atoms with Gasteiger partial charge in [-0.3, -0.25) is 4.79 Å². The predicted octanol–water partition coefficient (Wildman–Crippen LogP) is 4.34. The van der Waals surface area contributed by atoms with E-state index in [1.165, 1.54) is 17.8 Å². The van der Waals surface area contributed by atoms with Gasteiger partial charge in [0.15, 0.2) is 5.16 Å². The number of aliphatic hydroxyl groups is 1. The van der Waals surface area contributed by atoms with E-state index in [0.717, 1.165) is 24.2 Å². The molecule has 0 saturated heterocycles. The number of aromatic nitrogens is 3. The molecule has 0 bridgehead atoms. The molecule has 142 valence electrons. The van der Waals surface area contributed by atoms with E-state index in [4.69, 9.17) is 0 Å². The number of rotatable bonds is 6. The van der Waals surface area contributed by atoms with Gasteiger partial charge in [-0.05, 0) is 30.5 Å². The molecular formula is C16H13F3N4O2S2. The third-order valence-electron chi connectivity index (χ3n) is 3.57. The molecule has 0 aliphatic heterocycles. The molecule has 2 aromatic heterocycles. The first-order chi connectivity index (χ1) is 12.8. The fraction of sp³-hybridized carbons (Fsp3) is 0.312. The Morgan fingerprint density at radius 3 is 2.67 bits per heavy atom. The van der Waals surface area contributed by atoms with E-state index in [2.05, 4.69) is 19.9 Å². The number of aliphatic hydroxyl groups excluding tert-OH is 1. The number of carbonyl (C=O) groups excluding carboxylic acids is 1. The van der Waals surface area contributed by atoms with Crippen molar-refractivity contribution < 1.29 is 23.1 Å². The highest BCUT2D eigenvalue weighted by atomic mass is 32.2. The highest BCUT2D eigenvalue weighted by Gasteiger charge is 2.42. The largest absolute Gasteiger partial charge is 0.506 e. The molecule has 6 nitrogen and oxygen atoms in total. The molecule has 0 unspecified atom stereocenters. The number of Topliss-reactive ketones (excluding diaryl/α,β-unsaturated/α-hetero) is 1. The number of ketones is 1. The molecular weight excluding hydrogens is 401 g/mol. The second-order valence-corrected chi connectivity index (χ2v) is 7.30. The Balaban J connectivity index is 2.01. The Morgan fingerprint density at radius 1 is 1.37 bits per heavy atom. The number of hydrogen-bond acceptors (Lipinski definition) is 8. The number of thiophene rings is 1. The predicted molar refractivity (Wildman–Crippen MR) is 96.7 cm³/mol. The van der Waals surface area contributed by atoms with Crippen molar-refractivity contribution in [2.24, 2.45) is 4.99 Å². The first kappa shape index (κ1) is 19.5. The number of halogens is 3. The summed E-state index contributed by atoms with van der Waals surface area (Å²) < 4.78 is 38.8. The summed E-state index contributed by atoms with van der Waals surface area (Å²) in [5.41, 5.74) is -0.968. The second kappa shape index (κ2) is 7.77. The van der Waals surface area contributed by atoms with Crippen molar-refractivity contribution in [2.45, 2.75) is 30.1 Å². The average Bonchev–Trinajstić information content (AvgIpc) is 3.34. The van der Waals surface area contributed by atoms with Crippen LogP contribution in [-0.2, 0) is 4.79 Å². The van der Waals surface area contributed by atoms with Crippen molar-refractivity contribution in [1.29, 1.82) is 0 Å². The van der Waals surface area contributed by atoms with Crippen LogP contribution in [0.2, 0.25) is 0 Å². The fourth-order valence-corrected chi connectivity index (χ4v) is 3.12. The van der Waals surface area contributed by atoms with Crippen molar-refractivity contribution in [2.75, 3.05) is 6.26 Å². The Hall–Kier alpha value is -2.27. The number of carbonyl (C=O) groups is 1. The molecule has 11 heteroatoms. The first-order valence-electron chi connectivity index (χ1n) is 7.72. The van der Waals surface area contributed by atoms with Gasteiger partial charge >= 0.3 is 6.18 Å². The van der Waals surface area contributed by atoms with Crippen molar-refractivity contribution >= 4 is 46.8 Å². The number of allylic oxidation sites excluding steroid dienone is 1. The van der Waals surface area contributed by atoms with E-state index >= 15 is 0 Å². The molecule has 0 radical (unpaired) electrons. The highest BCUT2D eigenvalue weighted by molar-refractivity contribution is 7.98. The lowest BCUT2D eigenvalue weighted by Gasteiger charge is -2.08. The molecule has 27 heavy (non-hydrogen) atoms. The molecule has 0 spiro atoms. The van der Waals surface area contributed by atoms with Crippen LogP contribution in [0.15, 0.2) is 33.2 Å². The zero-order chi connectivity index (χ0) is 19.6. The third kappa shape index (κ3) is 4.72. The van der Waals surface area contributed by atoms with Crippen LogP contribution < -0.4 is 0 Å². The molecule has 1 N–H and O–H groups in total. The molecule has 1 fully saturated rings. The average molecular weight is 414 g/mol. The lowest BCUT2D eigenvalue weighted by Crippen LogP contribution is -2.26. The highest BCUT2D eigenvalue weighted by Crippen LogP contribution is 2.38. The van der Waals surface area contributed by atoms with Crippen LogP contribution in [0, 0.1) is 0 Å². The summed E-state index contributed by atoms with van der Waals surface area (Å²) in [6.07, 6.45) is -0.896. The fourth-order valence-electron chi connectivity index (χ4n) is 2.08. The van der Waals surface area contributed by atoms with Gasteiger partial charge in [-0.2, -0.15) is 23.1 Å². The zero-order valence-corrected chi connectivity index (χ0v) is 15.5. The molecule has 2 aromatic rings. The molecule has 3 rings (SSSR count). The summed E-state index contributed by atoms with van der Waals surface area (Å²) in [4.78, 5) is 28.1. The van der Waals surface area contributed by atoms with Crippen molar-refractivity contribution in [1.82, 2.24) is 15.0 Å². The minimum Gasteiger partial charge on any atom is -0.506 e. The smallest absolute Gasteiger partial charge is 0.455 e. The van der Waals surface area contributed by atoms with Crippen LogP contribution in [0.25, 0.3) is 5.76 Å². The van der Waals surface area contributed by atoms with Gasteiger partial charge in [0.05, 0.1) is 10.5 Å². The number of thioether (sulfide) groups is 1. The minimum atomic E-state index is -5.16. The van der Waals surface area contributed by atoms with Crippen LogP contribution in [0.1, 0.15) is 29.5 Å². The zero-order valence-electron chi connectivity index (χ0n) is 13.9. The Labute approximate surface area is 160 Å². The Kier molecular flexibility index (Phi) is 5.61. The van der Waals surface area contributed by atoms with Crippen molar-refractivity contribution in [3.8, 4) is 0 Å². The normalized spacial score (nSPS) is 15.9. The first-order valence-corrected chi connectivity index (χ1v) is 9.82. The monoisotopic (exact) mass is 414 g/mol. The van der Waals surface area contributed by atoms with Gasteiger partial charge in [0.25, 0.3) is 11.7 Å². The lowest BCUT2D eigenvalue weighted by atomic mass is 10.1. The molecule has 0 aromatic carbocycles. The van der Waals surface area contributed by atoms with Gasteiger partial charge in [-0.1, -0.05) is 17.8 Å². The maximum absolute atomic E-state index is 12.9. The van der Waals surface area contributed by atoms with E-state index < -0.39 is 23.3 Å². The number of aliphatic imine (C=N–C) groups is 1. The number of nitrogens with zero attached hydrogens (tertiary/aromatic N) is 4. The molecule has 0 amide bonds. The van der Waals surface area contributed by atoms with Crippen molar-refractivity contribution in [3.63, 3.8) is 0 Å². The quantitative estimate of drug-likeness (QED) is 0.328. The summed E-state index contributed by atoms with van der Waals surface area (Å²) >= 11 is 2.24. The van der Waals surface area contributed by atoms with Crippen LogP contribution in [0.5, 0.6) is 0 Å². The summed E-state index contributed by atoms with van der Waals surface area (Å²) in [5.74, 6) is -2.38. The summed E-state index contributed by atoms with van der Waals surface area (Å²) in [6, 6.07) is 2.94. The summed E-state index contributed by atoms with van der Waals surface area (Å²) in [5, 5.41) is 12.1. The van der Waals surface area contributed by atoms with E-state index in [1.807, 2.05) is 0 Å². The standard InChI is InChI=1S/C16H13F3N4O2S2/c1-26-15-22-13(8-4-5-8)21-14(23-15)20-7-9(12(25)16(17,18)19)11(24)10-3-2-6-27-10/h2-3,6-8,24H,4-5H2,1H3/b11-9-,20-7+. The molecule has 2 heterocycles. The molecule has 1 aliphatic carbocycles. The maximum atomic E-state index is 12.9. The van der Waals surface area contributed by atoms with Crippen LogP contribution in [-0.4, -0.2) is 44.5 Å². The maximum Gasteiger partial charge on any atom is 0.455 e. The Morgan fingerprint density at radius 2 is 2.11 bits per heavy atom. The van der Waals surface area contributed by atoms with Gasteiger partial charge in [0, 0.05) is 12.1 Å². The number of alkyl halides is 3. The van der Waals surface area contributed by atoms with Crippen molar-refractivity contribution in [3.05, 3.63) is 33.8 Å². The van der Waals surface area contributed by atoms with E-state index in [0.29, 0.717) is 17.2 Å². The lowest BCUT2D eigenvalue weighted by molar-refractivity contribution is -0.165. The summed E-state index contributed by atoms with van der Waals surface area (Å²) in [7, 11) is 0. The van der Waals surface area contributed by atoms with Crippen LogP contribution >= 0.6 is 23.1 Å². The van der Waals surface area contributed by atoms with E-state index in [9.17, 15) is 23.1 Å². The van der Waals surface area contributed by atoms with Crippen LogP contribution in [0.4, 0.5) is 19.1 Å². The molecule has 1 aliphatic rings. The third-order valence-corrected chi connectivity index (χ3v) is 4.99. The molecule has 1 saturated carbocycles. The minimum absolute atomic E-state index is 0.109. The van der Waals surface area contributed by atoms with Gasteiger partial charge in [-0.25, -0.2) is 9.98 Å². The Bertz CT molecular complexity index is 907. The molecule has 0 atom stereocenters. The van der Waals surface area contributed by atoms with Gasteiger partial charge in [-0.15, -0.1) is 11.3 Å². The second-order valence-electron chi connectivity index (χ2n) is 5.58. The SMILES string of the molecule is CSc1nc(/N=C/C(C(=O)C(F)(F)F)=C(/O)c2cccs2)nc(C2CC2)n1. The van der Waals surface area contributed by atoms with E-state index in [1.54, 1.807) is 17.7 Å². The van der Waals surface area contributed by atoms with Gasteiger partial charge in [0.2, 0.25) is 0 Å². The topological polar surface area (TPSA) is 88.3 Å². The van der Waals surface area contributed by atoms with Crippen LogP contribution in [0.3, 0.4) is 0 Å². The summed E-state index contributed by atoms with van der Waals surface area (Å²) in [6.45, 7) is 0. The van der Waals surface area contributed by atoms with E-state index in [-0.39, 0.29) is 16.7 Å². The van der Waals surface area contributed by atoms with Gasteiger partial charge < -0.3 is 5.11 Å².